The average Bonchev–Trinajstić information content (AvgIpc) is 3.63. The fraction of sp³-hybridized carbons (Fsp3) is 0.0682. The van der Waals surface area contributed by atoms with Crippen molar-refractivity contribution < 1.29 is 0 Å². The van der Waals surface area contributed by atoms with Gasteiger partial charge in [-0.25, -0.2) is 0 Å². The van der Waals surface area contributed by atoms with Gasteiger partial charge in [0.25, 0.3) is 0 Å². The van der Waals surface area contributed by atoms with Gasteiger partial charge in [0.2, 0.25) is 0 Å². The summed E-state index contributed by atoms with van der Waals surface area (Å²) in [5.41, 5.74) is 8.15. The van der Waals surface area contributed by atoms with Crippen LogP contribution in [0, 0.1) is 0 Å². The standard InChI is InChI=1S/C44H29N3Se/c1-44(2)36-18-10-8-16-30(36)31-21-20-28(25-37(31)44)42-45-41(26-12-4-3-5-13-26)46-43(47-42)35-24-27-14-6-7-15-29(27)39-33(35)22-23-34-32-17-9-11-19-38(32)48-40(34)39/h3-25H,1-2H3. The third-order valence-electron chi connectivity index (χ3n) is 10.1. The second kappa shape index (κ2) is 10.3. The third kappa shape index (κ3) is 4.03. The molecule has 0 spiro atoms. The Morgan fingerprint density at radius 3 is 2.00 bits per heavy atom. The molecular weight excluding hydrogens is 649 g/mol. The van der Waals surface area contributed by atoms with E-state index in [1.54, 1.807) is 0 Å². The van der Waals surface area contributed by atoms with Gasteiger partial charge in [0, 0.05) is 0 Å². The van der Waals surface area contributed by atoms with Crippen LogP contribution in [-0.4, -0.2) is 29.5 Å². The molecular formula is C44H29N3Se. The van der Waals surface area contributed by atoms with Crippen LogP contribution in [0.15, 0.2) is 140 Å². The average molecular weight is 679 g/mol. The monoisotopic (exact) mass is 679 g/mol. The van der Waals surface area contributed by atoms with Gasteiger partial charge in [-0.1, -0.05) is 24.3 Å². The minimum atomic E-state index is -0.117. The van der Waals surface area contributed by atoms with E-state index in [0.717, 1.165) is 16.7 Å². The van der Waals surface area contributed by atoms with Crippen molar-refractivity contribution in [2.75, 3.05) is 0 Å². The normalized spacial score (nSPS) is 13.4. The van der Waals surface area contributed by atoms with Gasteiger partial charge in [-0.05, 0) is 0 Å². The zero-order valence-electron chi connectivity index (χ0n) is 26.5. The van der Waals surface area contributed by atoms with E-state index in [1.807, 2.05) is 18.2 Å². The molecule has 0 aliphatic heterocycles. The van der Waals surface area contributed by atoms with Crippen LogP contribution in [0.2, 0.25) is 0 Å². The summed E-state index contributed by atoms with van der Waals surface area (Å²) < 4.78 is 2.88. The van der Waals surface area contributed by atoms with E-state index < -0.39 is 0 Å². The predicted octanol–water partition coefficient (Wildman–Crippen LogP) is 10.8. The first kappa shape index (κ1) is 27.7. The van der Waals surface area contributed by atoms with Crippen LogP contribution in [0.3, 0.4) is 0 Å². The Morgan fingerprint density at radius 2 is 1.12 bits per heavy atom. The van der Waals surface area contributed by atoms with E-state index >= 15 is 0 Å². The molecule has 9 aromatic rings. The molecule has 7 aromatic carbocycles. The van der Waals surface area contributed by atoms with E-state index in [1.165, 1.54) is 63.1 Å². The third-order valence-corrected chi connectivity index (χ3v) is 12.6. The SMILES string of the molecule is CC1(C)c2ccccc2-c2ccc(-c3nc(-c4ccccc4)nc(-c4cc5ccccc5c5c4ccc4c6ccccc6[se]c45)n3)cc21. The maximum atomic E-state index is 5.29. The van der Waals surface area contributed by atoms with Crippen LogP contribution in [-0.2, 0) is 5.41 Å². The molecule has 2 aromatic heterocycles. The van der Waals surface area contributed by atoms with Crippen molar-refractivity contribution in [3.63, 3.8) is 0 Å². The van der Waals surface area contributed by atoms with Crippen LogP contribution >= 0.6 is 0 Å². The zero-order valence-corrected chi connectivity index (χ0v) is 28.2. The molecule has 4 heteroatoms. The number of hydrogen-bond donors (Lipinski definition) is 0. The summed E-state index contributed by atoms with van der Waals surface area (Å²) in [7, 11) is 0. The van der Waals surface area contributed by atoms with Crippen LogP contribution in [0.4, 0.5) is 0 Å². The Balaban J connectivity index is 1.25. The molecule has 48 heavy (non-hydrogen) atoms. The van der Waals surface area contributed by atoms with Crippen LogP contribution in [0.5, 0.6) is 0 Å². The molecule has 0 radical (unpaired) electrons. The van der Waals surface area contributed by atoms with E-state index in [2.05, 4.69) is 135 Å². The van der Waals surface area contributed by atoms with Crippen LogP contribution in [0.25, 0.3) is 86.1 Å². The molecule has 1 aliphatic rings. The predicted molar refractivity (Wildman–Crippen MR) is 201 cm³/mol. The first-order chi connectivity index (χ1) is 23.5. The van der Waals surface area contributed by atoms with E-state index in [4.69, 9.17) is 15.0 Å². The fourth-order valence-corrected chi connectivity index (χ4v) is 10.4. The van der Waals surface area contributed by atoms with Crippen molar-refractivity contribution in [1.29, 1.82) is 0 Å². The molecule has 0 atom stereocenters. The number of fused-ring (bicyclic) bond motifs is 10. The number of rotatable bonds is 3. The quantitative estimate of drug-likeness (QED) is 0.138. The Morgan fingerprint density at radius 1 is 0.458 bits per heavy atom. The fourth-order valence-electron chi connectivity index (χ4n) is 7.73. The maximum absolute atomic E-state index is 5.29. The summed E-state index contributed by atoms with van der Waals surface area (Å²) in [6.45, 7) is 4.63. The van der Waals surface area contributed by atoms with Crippen molar-refractivity contribution in [3.05, 3.63) is 151 Å². The summed E-state index contributed by atoms with van der Waals surface area (Å²) in [6.07, 6.45) is 0. The molecule has 0 saturated carbocycles. The Kier molecular flexibility index (Phi) is 5.94. The number of benzene rings is 7. The van der Waals surface area contributed by atoms with E-state index in [-0.39, 0.29) is 19.9 Å². The summed E-state index contributed by atoms with van der Waals surface area (Å²) in [6, 6.07) is 50.3. The van der Waals surface area contributed by atoms with Crippen LogP contribution < -0.4 is 0 Å². The minimum absolute atomic E-state index is 0.117. The number of aromatic nitrogens is 3. The van der Waals surface area contributed by atoms with Crippen molar-refractivity contribution in [2.45, 2.75) is 19.3 Å². The van der Waals surface area contributed by atoms with Gasteiger partial charge < -0.3 is 0 Å². The summed E-state index contributed by atoms with van der Waals surface area (Å²) >= 11 is 0.209. The van der Waals surface area contributed by atoms with Crippen molar-refractivity contribution >= 4 is 55.3 Å². The molecule has 1 aliphatic carbocycles. The van der Waals surface area contributed by atoms with Gasteiger partial charge in [0.15, 0.2) is 0 Å². The second-order valence-corrected chi connectivity index (χ2v) is 15.4. The molecule has 0 fully saturated rings. The molecule has 3 nitrogen and oxygen atoms in total. The molecule has 2 heterocycles. The molecule has 0 amide bonds. The van der Waals surface area contributed by atoms with Gasteiger partial charge in [0.05, 0.1) is 0 Å². The Bertz CT molecular complexity index is 2760. The summed E-state index contributed by atoms with van der Waals surface area (Å²) in [5, 5.41) is 7.69. The Labute approximate surface area is 284 Å². The Hall–Kier alpha value is -5.41. The van der Waals surface area contributed by atoms with Crippen molar-refractivity contribution in [3.8, 4) is 45.3 Å². The van der Waals surface area contributed by atoms with Crippen LogP contribution in [0.1, 0.15) is 25.0 Å². The van der Waals surface area contributed by atoms with Gasteiger partial charge in [-0.15, -0.1) is 0 Å². The van der Waals surface area contributed by atoms with Gasteiger partial charge in [-0.3, -0.25) is 0 Å². The molecule has 0 bridgehead atoms. The topological polar surface area (TPSA) is 38.7 Å². The van der Waals surface area contributed by atoms with E-state index in [0.29, 0.717) is 17.5 Å². The number of hydrogen-bond acceptors (Lipinski definition) is 3. The van der Waals surface area contributed by atoms with Crippen molar-refractivity contribution in [2.24, 2.45) is 0 Å². The van der Waals surface area contributed by atoms with Crippen molar-refractivity contribution in [1.82, 2.24) is 15.0 Å². The molecule has 10 rings (SSSR count). The zero-order chi connectivity index (χ0) is 32.0. The first-order valence-corrected chi connectivity index (χ1v) is 18.1. The summed E-state index contributed by atoms with van der Waals surface area (Å²) in [5.74, 6) is 2.06. The van der Waals surface area contributed by atoms with E-state index in [9.17, 15) is 0 Å². The first-order valence-electron chi connectivity index (χ1n) is 16.4. The van der Waals surface area contributed by atoms with Gasteiger partial charge in [-0.2, -0.15) is 0 Å². The number of nitrogens with zero attached hydrogens (tertiary/aromatic N) is 3. The molecule has 0 N–H and O–H groups in total. The summed E-state index contributed by atoms with van der Waals surface area (Å²) in [4.78, 5) is 15.6. The van der Waals surface area contributed by atoms with Gasteiger partial charge >= 0.3 is 261 Å². The molecule has 0 unspecified atom stereocenters. The second-order valence-electron chi connectivity index (χ2n) is 13.2. The molecule has 0 saturated heterocycles. The van der Waals surface area contributed by atoms with Gasteiger partial charge in [0.1, 0.15) is 0 Å². The molecule has 226 valence electrons.